The molecular weight excluding hydrogens is 324 g/mol. The zero-order valence-electron chi connectivity index (χ0n) is 14.3. The van der Waals surface area contributed by atoms with Crippen molar-refractivity contribution < 1.29 is 19.0 Å². The molecule has 25 heavy (non-hydrogen) atoms. The number of para-hydroxylation sites is 2. The van der Waals surface area contributed by atoms with Crippen LogP contribution in [0, 0.1) is 0 Å². The van der Waals surface area contributed by atoms with Crippen LogP contribution >= 0.6 is 0 Å². The molecule has 1 aliphatic heterocycles. The highest BCUT2D eigenvalue weighted by atomic mass is 16.6. The quantitative estimate of drug-likeness (QED) is 0.863. The highest BCUT2D eigenvalue weighted by Gasteiger charge is 2.23. The van der Waals surface area contributed by atoms with Crippen LogP contribution < -0.4 is 14.8 Å². The largest absolute Gasteiger partial charge is 0.486 e. The molecule has 1 atom stereocenters. The SMILES string of the molecule is COCCn1cc(NC(=O)N(C)C[C@@H]2COc3ccccc3O2)cn1. The average molecular weight is 346 g/mol. The Hall–Kier alpha value is -2.74. The standard InChI is InChI=1S/C17H22N4O4/c1-20(11-14-12-24-15-5-3-4-6-16(15)25-14)17(22)19-13-9-18-21(10-13)7-8-23-2/h3-6,9-10,14H,7-8,11-12H2,1-2H3,(H,19,22)/t14-/m1/s1. The van der Waals surface area contributed by atoms with Crippen LogP contribution in [0.2, 0.25) is 0 Å². The van der Waals surface area contributed by atoms with Crippen LogP contribution in [0.1, 0.15) is 0 Å². The number of urea groups is 1. The number of likely N-dealkylation sites (N-methyl/N-ethyl adjacent to an activating group) is 1. The van der Waals surface area contributed by atoms with Crippen LogP contribution in [0.4, 0.5) is 10.5 Å². The first-order valence-electron chi connectivity index (χ1n) is 8.07. The Bertz CT molecular complexity index is 718. The number of fused-ring (bicyclic) bond motifs is 1. The molecule has 2 heterocycles. The van der Waals surface area contributed by atoms with Gasteiger partial charge in [-0.05, 0) is 12.1 Å². The van der Waals surface area contributed by atoms with Crippen LogP contribution in [-0.2, 0) is 11.3 Å². The van der Waals surface area contributed by atoms with Gasteiger partial charge in [0, 0.05) is 20.4 Å². The molecule has 0 radical (unpaired) electrons. The first-order valence-corrected chi connectivity index (χ1v) is 8.07. The third kappa shape index (κ3) is 4.42. The lowest BCUT2D eigenvalue weighted by atomic mass is 10.2. The average Bonchev–Trinajstić information content (AvgIpc) is 3.07. The van der Waals surface area contributed by atoms with Gasteiger partial charge in [-0.1, -0.05) is 12.1 Å². The summed E-state index contributed by atoms with van der Waals surface area (Å²) in [6, 6.07) is 7.28. The Morgan fingerprint density at radius 3 is 3.04 bits per heavy atom. The fourth-order valence-corrected chi connectivity index (χ4v) is 2.50. The van der Waals surface area contributed by atoms with Crippen molar-refractivity contribution in [3.05, 3.63) is 36.7 Å². The van der Waals surface area contributed by atoms with Gasteiger partial charge in [0.1, 0.15) is 6.61 Å². The van der Waals surface area contributed by atoms with E-state index in [1.54, 1.807) is 36.1 Å². The molecule has 0 saturated carbocycles. The van der Waals surface area contributed by atoms with E-state index in [0.29, 0.717) is 37.7 Å². The van der Waals surface area contributed by atoms with E-state index < -0.39 is 0 Å². The molecule has 8 heteroatoms. The number of nitrogens with zero attached hydrogens (tertiary/aromatic N) is 3. The van der Waals surface area contributed by atoms with Gasteiger partial charge in [-0.15, -0.1) is 0 Å². The molecule has 0 unspecified atom stereocenters. The summed E-state index contributed by atoms with van der Waals surface area (Å²) in [6.45, 7) is 2.02. The zero-order valence-corrected chi connectivity index (χ0v) is 14.3. The Morgan fingerprint density at radius 1 is 1.44 bits per heavy atom. The summed E-state index contributed by atoms with van der Waals surface area (Å²) < 4.78 is 18.3. The van der Waals surface area contributed by atoms with Crippen molar-refractivity contribution in [3.63, 3.8) is 0 Å². The number of anilines is 1. The molecule has 2 aromatic rings. The van der Waals surface area contributed by atoms with Crippen LogP contribution in [0.15, 0.2) is 36.7 Å². The van der Waals surface area contributed by atoms with Gasteiger partial charge in [0.25, 0.3) is 0 Å². The summed E-state index contributed by atoms with van der Waals surface area (Å²) in [5, 5.41) is 6.98. The van der Waals surface area contributed by atoms with Crippen LogP contribution in [0.25, 0.3) is 0 Å². The van der Waals surface area contributed by atoms with Crippen molar-refractivity contribution in [2.75, 3.05) is 39.2 Å². The Morgan fingerprint density at radius 2 is 2.24 bits per heavy atom. The number of aromatic nitrogens is 2. The molecule has 0 spiro atoms. The third-order valence-corrected chi connectivity index (χ3v) is 3.80. The normalized spacial score (nSPS) is 15.7. The lowest BCUT2D eigenvalue weighted by molar-refractivity contribution is 0.0731. The first kappa shape index (κ1) is 17.1. The van der Waals surface area contributed by atoms with Crippen molar-refractivity contribution in [3.8, 4) is 11.5 Å². The molecule has 0 fully saturated rings. The van der Waals surface area contributed by atoms with E-state index >= 15 is 0 Å². The predicted octanol–water partition coefficient (Wildman–Crippen LogP) is 1.83. The highest BCUT2D eigenvalue weighted by Crippen LogP contribution is 2.30. The lowest BCUT2D eigenvalue weighted by Crippen LogP contribution is -2.43. The molecule has 134 valence electrons. The monoisotopic (exact) mass is 346 g/mol. The number of hydrogen-bond acceptors (Lipinski definition) is 5. The number of carbonyl (C=O) groups is 1. The van der Waals surface area contributed by atoms with Crippen molar-refractivity contribution in [2.45, 2.75) is 12.6 Å². The summed E-state index contributed by atoms with van der Waals surface area (Å²) in [7, 11) is 3.35. The molecular formula is C17H22N4O4. The van der Waals surface area contributed by atoms with Gasteiger partial charge in [0.15, 0.2) is 17.6 Å². The second-order valence-corrected chi connectivity index (χ2v) is 5.79. The van der Waals surface area contributed by atoms with Gasteiger partial charge >= 0.3 is 6.03 Å². The van der Waals surface area contributed by atoms with E-state index in [0.717, 1.165) is 5.75 Å². The van der Waals surface area contributed by atoms with Crippen LogP contribution in [-0.4, -0.2) is 60.7 Å². The Labute approximate surface area is 146 Å². The minimum atomic E-state index is -0.228. The maximum absolute atomic E-state index is 12.3. The van der Waals surface area contributed by atoms with Gasteiger partial charge in [-0.2, -0.15) is 5.10 Å². The molecule has 0 saturated heterocycles. The van der Waals surface area contributed by atoms with Crippen LogP contribution in [0.5, 0.6) is 11.5 Å². The minimum Gasteiger partial charge on any atom is -0.486 e. The predicted molar refractivity (Wildman–Crippen MR) is 92.1 cm³/mol. The number of amides is 2. The Kier molecular flexibility index (Phi) is 5.39. The third-order valence-electron chi connectivity index (χ3n) is 3.80. The fraction of sp³-hybridized carbons (Fsp3) is 0.412. The molecule has 3 rings (SSSR count). The van der Waals surface area contributed by atoms with Crippen molar-refractivity contribution in [1.82, 2.24) is 14.7 Å². The van der Waals surface area contributed by atoms with Gasteiger partial charge in [0.2, 0.25) is 0 Å². The molecule has 8 nitrogen and oxygen atoms in total. The number of carbonyl (C=O) groups excluding carboxylic acids is 1. The van der Waals surface area contributed by atoms with Crippen molar-refractivity contribution >= 4 is 11.7 Å². The molecule has 0 aliphatic carbocycles. The molecule has 1 aromatic carbocycles. The number of benzene rings is 1. The van der Waals surface area contributed by atoms with Crippen LogP contribution in [0.3, 0.4) is 0 Å². The highest BCUT2D eigenvalue weighted by molar-refractivity contribution is 5.88. The van der Waals surface area contributed by atoms with E-state index in [1.807, 2.05) is 24.3 Å². The van der Waals surface area contributed by atoms with Gasteiger partial charge < -0.3 is 24.4 Å². The van der Waals surface area contributed by atoms with Crippen molar-refractivity contribution in [2.24, 2.45) is 0 Å². The maximum atomic E-state index is 12.3. The number of hydrogen-bond donors (Lipinski definition) is 1. The first-order chi connectivity index (χ1) is 12.2. The summed E-state index contributed by atoms with van der Waals surface area (Å²) in [6.07, 6.45) is 3.16. The molecule has 0 bridgehead atoms. The lowest BCUT2D eigenvalue weighted by Gasteiger charge is -2.29. The second-order valence-electron chi connectivity index (χ2n) is 5.79. The minimum absolute atomic E-state index is 0.213. The molecule has 1 aliphatic rings. The van der Waals surface area contributed by atoms with E-state index in [-0.39, 0.29) is 12.1 Å². The fourth-order valence-electron chi connectivity index (χ4n) is 2.50. The summed E-state index contributed by atoms with van der Waals surface area (Å²) in [4.78, 5) is 13.9. The number of rotatable bonds is 6. The van der Waals surface area contributed by atoms with E-state index in [9.17, 15) is 4.79 Å². The van der Waals surface area contributed by atoms with Gasteiger partial charge in [0.05, 0.1) is 31.6 Å². The summed E-state index contributed by atoms with van der Waals surface area (Å²) >= 11 is 0. The topological polar surface area (TPSA) is 77.9 Å². The van der Waals surface area contributed by atoms with E-state index in [2.05, 4.69) is 10.4 Å². The maximum Gasteiger partial charge on any atom is 0.321 e. The second kappa shape index (κ2) is 7.89. The number of nitrogens with one attached hydrogen (secondary N) is 1. The Balaban J connectivity index is 1.50. The zero-order chi connectivity index (χ0) is 17.6. The van der Waals surface area contributed by atoms with Gasteiger partial charge in [-0.3, -0.25) is 4.68 Å². The van der Waals surface area contributed by atoms with Gasteiger partial charge in [-0.25, -0.2) is 4.79 Å². The number of methoxy groups -OCH3 is 1. The summed E-state index contributed by atoms with van der Waals surface area (Å²) in [5.74, 6) is 1.43. The summed E-state index contributed by atoms with van der Waals surface area (Å²) in [5.41, 5.74) is 0.638. The molecule has 1 N–H and O–H groups in total. The van der Waals surface area contributed by atoms with E-state index in [4.69, 9.17) is 14.2 Å². The van der Waals surface area contributed by atoms with E-state index in [1.165, 1.54) is 0 Å². The smallest absolute Gasteiger partial charge is 0.321 e. The molecule has 2 amide bonds. The van der Waals surface area contributed by atoms with Crippen molar-refractivity contribution in [1.29, 1.82) is 0 Å². The molecule has 1 aromatic heterocycles. The number of ether oxygens (including phenoxy) is 3.